The molecule has 166 valence electrons. The second-order valence-corrected chi connectivity index (χ2v) is 7.63. The van der Waals surface area contributed by atoms with E-state index < -0.39 is 17.3 Å². The van der Waals surface area contributed by atoms with E-state index in [0.717, 1.165) is 10.1 Å². The minimum Gasteiger partial charge on any atom is -0.465 e. The summed E-state index contributed by atoms with van der Waals surface area (Å²) in [4.78, 5) is 34.4. The van der Waals surface area contributed by atoms with Gasteiger partial charge in [0.15, 0.2) is 5.78 Å². The number of allylic oxidation sites excluding steroid dienone is 1. The van der Waals surface area contributed by atoms with Gasteiger partial charge in [0.2, 0.25) is 0 Å². The molecule has 0 aliphatic heterocycles. The third-order valence-electron chi connectivity index (χ3n) is 4.59. The Kier molecular flexibility index (Phi) is 7.43. The molecule has 0 unspecified atom stereocenters. The molecule has 4 rings (SSSR count). The fourth-order valence-corrected chi connectivity index (χ4v) is 3.77. The number of nitrogens with zero attached hydrogens (tertiary/aromatic N) is 1. The average Bonchev–Trinajstić information content (AvgIpc) is 2.71. The molecule has 0 atom stereocenters. The molecule has 1 aliphatic rings. The van der Waals surface area contributed by atoms with E-state index in [1.54, 1.807) is 13.0 Å². The van der Waals surface area contributed by atoms with E-state index in [9.17, 15) is 23.2 Å². The first kappa shape index (κ1) is 23.6. The lowest BCUT2D eigenvalue weighted by molar-refractivity contribution is -0.143. The van der Waals surface area contributed by atoms with E-state index in [-0.39, 0.29) is 41.7 Å². The van der Waals surface area contributed by atoms with E-state index in [2.05, 4.69) is 0 Å². The summed E-state index contributed by atoms with van der Waals surface area (Å²) in [5, 5.41) is 1.12. The maximum atomic E-state index is 13.3. The van der Waals surface area contributed by atoms with Gasteiger partial charge in [-0.2, -0.15) is 0 Å². The van der Waals surface area contributed by atoms with Gasteiger partial charge >= 0.3 is 5.97 Å². The summed E-state index contributed by atoms with van der Waals surface area (Å²) >= 11 is 11.7. The van der Waals surface area contributed by atoms with Crippen LogP contribution in [0.3, 0.4) is 0 Å². The molecule has 0 radical (unpaired) electrons. The molecule has 0 saturated heterocycles. The topological polar surface area (TPSA) is 65.4 Å². The number of esters is 1. The maximum Gasteiger partial charge on any atom is 0.326 e. The summed E-state index contributed by atoms with van der Waals surface area (Å²) in [6, 6.07) is 9.35. The minimum atomic E-state index is -0.558. The fraction of sp³-hybridized carbons (Fsp3) is 0.174. The van der Waals surface area contributed by atoms with Crippen LogP contribution in [-0.4, -0.2) is 22.9 Å². The van der Waals surface area contributed by atoms with E-state index >= 15 is 0 Å². The number of carbonyl (C=O) groups is 2. The second-order valence-electron chi connectivity index (χ2n) is 6.82. The molecule has 9 heteroatoms. The standard InChI is InChI=1S/C13H11ClFNO3.C10H6ClFO/c1-2-19-13(18)7-16-11-5-8(15)3-4-9(11)10(14)6-12(16)17;11-10-5-8(13)4-6-3-7(12)1-2-9(6)10/h3-6H,2,7H2,1H3;1-3,5H,4H2. The quantitative estimate of drug-likeness (QED) is 0.501. The van der Waals surface area contributed by atoms with Crippen molar-refractivity contribution in [2.75, 3.05) is 6.61 Å². The second kappa shape index (κ2) is 10.1. The van der Waals surface area contributed by atoms with Gasteiger partial charge < -0.3 is 4.74 Å². The molecule has 0 bridgehead atoms. The Hall–Kier alpha value is -3.03. The molecular formula is C23H17Cl2F2NO4. The molecule has 1 aliphatic carbocycles. The summed E-state index contributed by atoms with van der Waals surface area (Å²) in [5.74, 6) is -1.48. The first-order chi connectivity index (χ1) is 15.2. The number of carbonyl (C=O) groups excluding carboxylic acids is 2. The van der Waals surface area contributed by atoms with Crippen molar-refractivity contribution in [2.24, 2.45) is 0 Å². The largest absolute Gasteiger partial charge is 0.465 e. The zero-order valence-electron chi connectivity index (χ0n) is 16.8. The van der Waals surface area contributed by atoms with Gasteiger partial charge in [-0.3, -0.25) is 19.0 Å². The number of hydrogen-bond acceptors (Lipinski definition) is 4. The Balaban J connectivity index is 0.000000193. The summed E-state index contributed by atoms with van der Waals surface area (Å²) in [7, 11) is 0. The van der Waals surface area contributed by atoms with Gasteiger partial charge in [0.1, 0.15) is 18.2 Å². The van der Waals surface area contributed by atoms with Gasteiger partial charge in [0.05, 0.1) is 22.2 Å². The predicted octanol–water partition coefficient (Wildman–Crippen LogP) is 4.89. The number of aromatic nitrogens is 1. The van der Waals surface area contributed by atoms with Crippen LogP contribution < -0.4 is 5.56 Å². The van der Waals surface area contributed by atoms with Crippen molar-refractivity contribution in [3.8, 4) is 0 Å². The van der Waals surface area contributed by atoms with Crippen LogP contribution in [0.4, 0.5) is 8.78 Å². The summed E-state index contributed by atoms with van der Waals surface area (Å²) in [6.45, 7) is 1.61. The molecule has 1 heterocycles. The molecule has 0 fully saturated rings. The highest BCUT2D eigenvalue weighted by Crippen LogP contribution is 2.28. The molecule has 2 aromatic carbocycles. The van der Waals surface area contributed by atoms with E-state index in [1.165, 1.54) is 42.5 Å². The molecular weight excluding hydrogens is 463 g/mol. The van der Waals surface area contributed by atoms with Crippen molar-refractivity contribution in [3.63, 3.8) is 0 Å². The smallest absolute Gasteiger partial charge is 0.326 e. The lowest BCUT2D eigenvalue weighted by Crippen LogP contribution is -2.25. The molecule has 0 spiro atoms. The number of rotatable bonds is 3. The van der Waals surface area contributed by atoms with Crippen molar-refractivity contribution >= 4 is 50.9 Å². The van der Waals surface area contributed by atoms with Gasteiger partial charge in [-0.05, 0) is 48.4 Å². The van der Waals surface area contributed by atoms with Crippen molar-refractivity contribution in [3.05, 3.63) is 86.7 Å². The van der Waals surface area contributed by atoms with Gasteiger partial charge in [-0.15, -0.1) is 0 Å². The first-order valence-corrected chi connectivity index (χ1v) is 10.3. The highest BCUT2D eigenvalue weighted by molar-refractivity contribution is 6.50. The number of fused-ring (bicyclic) bond motifs is 2. The normalized spacial score (nSPS) is 12.5. The molecule has 5 nitrogen and oxygen atoms in total. The van der Waals surface area contributed by atoms with Gasteiger partial charge in [-0.25, -0.2) is 8.78 Å². The fourth-order valence-electron chi connectivity index (χ4n) is 3.21. The Morgan fingerprint density at radius 2 is 1.75 bits per heavy atom. The van der Waals surface area contributed by atoms with E-state index in [4.69, 9.17) is 27.9 Å². The molecule has 32 heavy (non-hydrogen) atoms. The summed E-state index contributed by atoms with van der Waals surface area (Å²) in [6.07, 6.45) is 1.62. The van der Waals surface area contributed by atoms with Crippen LogP contribution in [0.1, 0.15) is 18.1 Å². The average molecular weight is 480 g/mol. The Morgan fingerprint density at radius 1 is 1.06 bits per heavy atom. The van der Waals surface area contributed by atoms with Gasteiger partial charge in [0.25, 0.3) is 5.56 Å². The van der Waals surface area contributed by atoms with Crippen molar-refractivity contribution in [2.45, 2.75) is 19.9 Å². The Bertz CT molecular complexity index is 1300. The number of ketones is 1. The third kappa shape index (κ3) is 5.41. The number of benzene rings is 2. The van der Waals surface area contributed by atoms with Gasteiger partial charge in [0, 0.05) is 23.9 Å². The van der Waals surface area contributed by atoms with Crippen molar-refractivity contribution in [1.82, 2.24) is 4.57 Å². The SMILES string of the molecule is CCOC(=O)Cn1c(=O)cc(Cl)c2ccc(F)cc21.O=C1C=C(Cl)c2ccc(F)cc2C1. The van der Waals surface area contributed by atoms with Crippen LogP contribution in [0.15, 0.2) is 53.3 Å². The highest BCUT2D eigenvalue weighted by atomic mass is 35.5. The van der Waals surface area contributed by atoms with Crippen molar-refractivity contribution < 1.29 is 23.1 Å². The highest BCUT2D eigenvalue weighted by Gasteiger charge is 2.16. The van der Waals surface area contributed by atoms with Crippen LogP contribution in [0, 0.1) is 11.6 Å². The lowest BCUT2D eigenvalue weighted by atomic mass is 9.96. The zero-order valence-corrected chi connectivity index (χ0v) is 18.3. The van der Waals surface area contributed by atoms with E-state index in [1.807, 2.05) is 0 Å². The monoisotopic (exact) mass is 479 g/mol. The van der Waals surface area contributed by atoms with Crippen LogP contribution in [0.25, 0.3) is 15.9 Å². The molecule has 0 saturated carbocycles. The Labute approximate surface area is 191 Å². The molecule has 0 N–H and O–H groups in total. The summed E-state index contributed by atoms with van der Waals surface area (Å²) < 4.78 is 32.0. The number of pyridine rings is 1. The first-order valence-electron chi connectivity index (χ1n) is 9.52. The lowest BCUT2D eigenvalue weighted by Gasteiger charge is -2.11. The third-order valence-corrected chi connectivity index (χ3v) is 5.22. The summed E-state index contributed by atoms with van der Waals surface area (Å²) in [5.41, 5.74) is 1.21. The Morgan fingerprint density at radius 3 is 2.47 bits per heavy atom. The van der Waals surface area contributed by atoms with Crippen molar-refractivity contribution in [1.29, 1.82) is 0 Å². The number of hydrogen-bond donors (Lipinski definition) is 0. The van der Waals surface area contributed by atoms with Crippen LogP contribution in [-0.2, 0) is 27.3 Å². The van der Waals surface area contributed by atoms with Gasteiger partial charge in [-0.1, -0.05) is 29.3 Å². The zero-order chi connectivity index (χ0) is 23.4. The minimum absolute atomic E-state index is 0.0805. The maximum absolute atomic E-state index is 13.3. The van der Waals surface area contributed by atoms with E-state index in [0.29, 0.717) is 16.0 Å². The molecule has 1 aromatic heterocycles. The van der Waals surface area contributed by atoms with Crippen LogP contribution in [0.2, 0.25) is 5.02 Å². The predicted molar refractivity (Wildman–Crippen MR) is 119 cm³/mol. The molecule has 3 aromatic rings. The number of ether oxygens (including phenoxy) is 1. The molecule has 0 amide bonds. The number of halogens is 4. The van der Waals surface area contributed by atoms with Crippen LogP contribution >= 0.6 is 23.2 Å². The van der Waals surface area contributed by atoms with Crippen LogP contribution in [0.5, 0.6) is 0 Å².